The molecule has 1 aromatic heterocycles. The minimum Gasteiger partial charge on any atom is -0.455 e. The fourth-order valence-electron chi connectivity index (χ4n) is 4.62. The van der Waals surface area contributed by atoms with Crippen LogP contribution in [0.15, 0.2) is 39.9 Å². The summed E-state index contributed by atoms with van der Waals surface area (Å²) in [5.41, 5.74) is 4.05. The maximum atomic E-state index is 12.4. The molecule has 0 unspecified atom stereocenters. The molecule has 2 aromatic rings. The first-order valence-corrected chi connectivity index (χ1v) is 9.58. The Morgan fingerprint density at radius 1 is 1.36 bits per heavy atom. The summed E-state index contributed by atoms with van der Waals surface area (Å²) in [4.78, 5) is 23.1. The normalized spacial score (nSPS) is 26.1. The number of nitro benzene ring substituents is 1. The van der Waals surface area contributed by atoms with Gasteiger partial charge in [-0.05, 0) is 43.2 Å². The quantitative estimate of drug-likeness (QED) is 0.470. The van der Waals surface area contributed by atoms with Gasteiger partial charge in [-0.2, -0.15) is 5.10 Å². The minimum atomic E-state index is -0.407. The number of hydrogen-bond donors (Lipinski definition) is 1. The van der Waals surface area contributed by atoms with Crippen molar-refractivity contribution in [2.24, 2.45) is 22.4 Å². The van der Waals surface area contributed by atoms with E-state index in [1.54, 1.807) is 31.2 Å². The molecule has 2 aliphatic carbocycles. The number of carbonyl (C=O) groups excluding carboxylic acids is 1. The van der Waals surface area contributed by atoms with Crippen molar-refractivity contribution in [1.82, 2.24) is 5.43 Å². The maximum Gasteiger partial charge on any atom is 0.273 e. The molecule has 0 spiro atoms. The molecule has 1 amide bonds. The number of rotatable bonds is 5. The molecule has 0 radical (unpaired) electrons. The Morgan fingerprint density at radius 3 is 2.89 bits per heavy atom. The molecule has 7 heteroatoms. The van der Waals surface area contributed by atoms with Crippen LogP contribution < -0.4 is 5.43 Å². The first-order chi connectivity index (χ1) is 13.4. The van der Waals surface area contributed by atoms with Crippen LogP contribution in [-0.4, -0.2) is 17.0 Å². The SMILES string of the molecule is Cc1ccc(-c2ccc(/C=N\NC(=O)[C@@H]3[C@@H]4CCCC[C@@]34C)o2)cc1[N+](=O)[O-]. The number of aryl methyl sites for hydroxylation is 1. The summed E-state index contributed by atoms with van der Waals surface area (Å²) in [6.07, 6.45) is 6.11. The second-order valence-corrected chi connectivity index (χ2v) is 8.03. The standard InChI is InChI=1S/C21H23N3O4/c1-13-6-7-14(11-17(13)24(26)27)18-9-8-15(28-18)12-22-23-20(25)19-16-5-3-4-10-21(16,19)2/h6-9,11-12,16,19H,3-5,10H2,1-2H3,(H,23,25)/b22-12-/t16-,19-,21+/m0/s1. The second-order valence-electron chi connectivity index (χ2n) is 8.03. The molecule has 7 nitrogen and oxygen atoms in total. The van der Waals surface area contributed by atoms with E-state index in [-0.39, 0.29) is 22.9 Å². The van der Waals surface area contributed by atoms with E-state index in [1.807, 2.05) is 0 Å². The highest BCUT2D eigenvalue weighted by atomic mass is 16.6. The number of fused-ring (bicyclic) bond motifs is 1. The molecule has 0 bridgehead atoms. The van der Waals surface area contributed by atoms with E-state index < -0.39 is 4.92 Å². The summed E-state index contributed by atoms with van der Waals surface area (Å²) in [5, 5.41) is 15.1. The van der Waals surface area contributed by atoms with Gasteiger partial charge in [-0.25, -0.2) is 5.43 Å². The average molecular weight is 381 g/mol. The van der Waals surface area contributed by atoms with Crippen molar-refractivity contribution in [2.75, 3.05) is 0 Å². The zero-order valence-electron chi connectivity index (χ0n) is 16.0. The number of nitrogens with zero attached hydrogens (tertiary/aromatic N) is 2. The van der Waals surface area contributed by atoms with Gasteiger partial charge < -0.3 is 4.42 Å². The van der Waals surface area contributed by atoms with E-state index in [0.717, 1.165) is 12.8 Å². The summed E-state index contributed by atoms with van der Waals surface area (Å²) in [5.74, 6) is 1.51. The fraction of sp³-hybridized carbons (Fsp3) is 0.429. The van der Waals surface area contributed by atoms with Gasteiger partial charge in [-0.15, -0.1) is 0 Å². The predicted molar refractivity (Wildman–Crippen MR) is 105 cm³/mol. The Bertz CT molecular complexity index is 964. The first-order valence-electron chi connectivity index (χ1n) is 9.58. The molecule has 2 saturated carbocycles. The molecule has 0 saturated heterocycles. The number of hydrogen-bond acceptors (Lipinski definition) is 5. The van der Waals surface area contributed by atoms with E-state index in [4.69, 9.17) is 4.42 Å². The maximum absolute atomic E-state index is 12.4. The molecule has 1 N–H and O–H groups in total. The van der Waals surface area contributed by atoms with E-state index in [0.29, 0.717) is 28.6 Å². The lowest BCUT2D eigenvalue weighted by Gasteiger charge is -2.15. The Balaban J connectivity index is 1.41. The van der Waals surface area contributed by atoms with Gasteiger partial charge in [0.25, 0.3) is 5.69 Å². The van der Waals surface area contributed by atoms with E-state index in [9.17, 15) is 14.9 Å². The van der Waals surface area contributed by atoms with Crippen molar-refractivity contribution in [3.05, 3.63) is 51.8 Å². The van der Waals surface area contributed by atoms with Gasteiger partial charge in [-0.3, -0.25) is 14.9 Å². The molecular formula is C21H23N3O4. The van der Waals surface area contributed by atoms with Crippen LogP contribution in [-0.2, 0) is 4.79 Å². The van der Waals surface area contributed by atoms with Gasteiger partial charge in [0.05, 0.1) is 11.1 Å². The van der Waals surface area contributed by atoms with Gasteiger partial charge in [0.2, 0.25) is 5.91 Å². The van der Waals surface area contributed by atoms with Crippen molar-refractivity contribution in [3.63, 3.8) is 0 Å². The molecule has 146 valence electrons. The highest BCUT2D eigenvalue weighted by molar-refractivity contribution is 5.85. The summed E-state index contributed by atoms with van der Waals surface area (Å²) >= 11 is 0. The average Bonchev–Trinajstić information content (AvgIpc) is 3.02. The predicted octanol–water partition coefficient (Wildman–Crippen LogP) is 4.44. The summed E-state index contributed by atoms with van der Waals surface area (Å²) in [6.45, 7) is 3.89. The molecule has 3 atom stereocenters. The van der Waals surface area contributed by atoms with Gasteiger partial charge in [0.1, 0.15) is 11.5 Å². The molecule has 4 rings (SSSR count). The van der Waals surface area contributed by atoms with Gasteiger partial charge >= 0.3 is 0 Å². The molecule has 1 heterocycles. The monoisotopic (exact) mass is 381 g/mol. The number of nitrogens with one attached hydrogen (secondary N) is 1. The molecule has 2 fully saturated rings. The smallest absolute Gasteiger partial charge is 0.273 e. The Morgan fingerprint density at radius 2 is 2.18 bits per heavy atom. The van der Waals surface area contributed by atoms with Crippen molar-refractivity contribution >= 4 is 17.8 Å². The van der Waals surface area contributed by atoms with E-state index in [2.05, 4.69) is 17.5 Å². The van der Waals surface area contributed by atoms with Crippen molar-refractivity contribution in [3.8, 4) is 11.3 Å². The number of carbonyl (C=O) groups is 1. The first kappa shape index (κ1) is 18.4. The minimum absolute atomic E-state index is 0.0217. The van der Waals surface area contributed by atoms with Gasteiger partial charge in [0, 0.05) is 23.1 Å². The topological polar surface area (TPSA) is 97.7 Å². The third kappa shape index (κ3) is 3.21. The van der Waals surface area contributed by atoms with Crippen LogP contribution in [0.4, 0.5) is 5.69 Å². The van der Waals surface area contributed by atoms with E-state index >= 15 is 0 Å². The molecular weight excluding hydrogens is 358 g/mol. The van der Waals surface area contributed by atoms with Crippen LogP contribution in [0.5, 0.6) is 0 Å². The fourth-order valence-corrected chi connectivity index (χ4v) is 4.62. The largest absolute Gasteiger partial charge is 0.455 e. The highest BCUT2D eigenvalue weighted by Gasteiger charge is 2.64. The lowest BCUT2D eigenvalue weighted by molar-refractivity contribution is -0.385. The third-order valence-corrected chi connectivity index (χ3v) is 6.30. The Labute approximate surface area is 163 Å². The molecule has 28 heavy (non-hydrogen) atoms. The van der Waals surface area contributed by atoms with Crippen molar-refractivity contribution in [1.29, 1.82) is 0 Å². The zero-order valence-corrected chi connectivity index (χ0v) is 16.0. The van der Waals surface area contributed by atoms with E-state index in [1.165, 1.54) is 25.1 Å². The van der Waals surface area contributed by atoms with Crippen LogP contribution >= 0.6 is 0 Å². The summed E-state index contributed by atoms with van der Waals surface area (Å²) < 4.78 is 5.69. The molecule has 2 aliphatic rings. The lowest BCUT2D eigenvalue weighted by Crippen LogP contribution is -2.22. The summed E-state index contributed by atoms with van der Waals surface area (Å²) in [6, 6.07) is 8.41. The highest BCUT2D eigenvalue weighted by Crippen LogP contribution is 2.66. The van der Waals surface area contributed by atoms with Crippen LogP contribution in [0.2, 0.25) is 0 Å². The van der Waals surface area contributed by atoms with Gasteiger partial charge in [0.15, 0.2) is 0 Å². The zero-order chi connectivity index (χ0) is 19.9. The third-order valence-electron chi connectivity index (χ3n) is 6.30. The molecule has 1 aromatic carbocycles. The van der Waals surface area contributed by atoms with Crippen LogP contribution in [0.1, 0.15) is 43.9 Å². The second kappa shape index (κ2) is 6.89. The lowest BCUT2D eigenvalue weighted by atomic mass is 9.90. The van der Waals surface area contributed by atoms with Crippen molar-refractivity contribution in [2.45, 2.75) is 39.5 Å². The summed E-state index contributed by atoms with van der Waals surface area (Å²) in [7, 11) is 0. The van der Waals surface area contributed by atoms with Crippen LogP contribution in [0, 0.1) is 34.3 Å². The van der Waals surface area contributed by atoms with Gasteiger partial charge in [-0.1, -0.05) is 31.9 Å². The Kier molecular flexibility index (Phi) is 4.53. The van der Waals surface area contributed by atoms with Crippen LogP contribution in [0.3, 0.4) is 0 Å². The molecule has 0 aliphatic heterocycles. The number of furan rings is 1. The number of benzene rings is 1. The van der Waals surface area contributed by atoms with Crippen molar-refractivity contribution < 1.29 is 14.1 Å². The number of hydrazone groups is 1. The Hall–Kier alpha value is -2.96. The van der Waals surface area contributed by atoms with Crippen LogP contribution in [0.25, 0.3) is 11.3 Å². The number of amides is 1. The number of nitro groups is 1.